The molecule has 32 heavy (non-hydrogen) atoms. The molecule has 1 fully saturated rings. The second-order valence-electron chi connectivity index (χ2n) is 7.04. The Bertz CT molecular complexity index is 1160. The number of para-hydroxylation sites is 1. The molecule has 0 aromatic heterocycles. The molecule has 1 aliphatic rings. The van der Waals surface area contributed by atoms with E-state index in [-0.39, 0.29) is 11.3 Å². The van der Waals surface area contributed by atoms with Gasteiger partial charge in [0.2, 0.25) is 0 Å². The number of hydrazine groups is 1. The van der Waals surface area contributed by atoms with Crippen LogP contribution in [0.1, 0.15) is 18.1 Å². The van der Waals surface area contributed by atoms with Gasteiger partial charge < -0.3 is 9.84 Å². The quantitative estimate of drug-likeness (QED) is 0.316. The molecule has 3 aromatic rings. The summed E-state index contributed by atoms with van der Waals surface area (Å²) in [5, 5.41) is 11.9. The maximum absolute atomic E-state index is 12.9. The van der Waals surface area contributed by atoms with Gasteiger partial charge in [0, 0.05) is 16.2 Å². The number of carbonyl (C=O) groups is 2. The Morgan fingerprint density at radius 3 is 2.41 bits per heavy atom. The maximum Gasteiger partial charge on any atom is 0.282 e. The Balaban J connectivity index is 1.65. The molecule has 0 radical (unpaired) electrons. The molecule has 1 heterocycles. The molecule has 1 saturated heterocycles. The zero-order valence-corrected chi connectivity index (χ0v) is 18.3. The molecule has 162 valence electrons. The maximum atomic E-state index is 12.9. The van der Waals surface area contributed by atoms with Crippen molar-refractivity contribution in [1.29, 1.82) is 0 Å². The van der Waals surface area contributed by atoms with Crippen molar-refractivity contribution in [3.05, 3.63) is 89.5 Å². The van der Waals surface area contributed by atoms with Gasteiger partial charge in [0.1, 0.15) is 5.57 Å². The van der Waals surface area contributed by atoms with Crippen LogP contribution in [0.4, 0.5) is 5.69 Å². The number of ether oxygens (including phenoxy) is 1. The van der Waals surface area contributed by atoms with Crippen molar-refractivity contribution in [2.24, 2.45) is 0 Å². The van der Waals surface area contributed by atoms with Gasteiger partial charge in [0.25, 0.3) is 11.8 Å². The lowest BCUT2D eigenvalue weighted by atomic mass is 10.1. The highest BCUT2D eigenvalue weighted by molar-refractivity contribution is 7.98. The van der Waals surface area contributed by atoms with Crippen molar-refractivity contribution in [2.75, 3.05) is 11.6 Å². The molecule has 7 heteroatoms. The molecule has 4 rings (SSSR count). The third-order valence-electron chi connectivity index (χ3n) is 4.83. The van der Waals surface area contributed by atoms with Crippen LogP contribution in [0.25, 0.3) is 6.08 Å². The summed E-state index contributed by atoms with van der Waals surface area (Å²) in [6.45, 7) is 2.20. The number of benzene rings is 3. The van der Waals surface area contributed by atoms with Gasteiger partial charge in [-0.05, 0) is 55.0 Å². The fraction of sp³-hybridized carbons (Fsp3) is 0.120. The number of nitrogens with one attached hydrogen (secondary N) is 1. The highest BCUT2D eigenvalue weighted by Crippen LogP contribution is 2.36. The van der Waals surface area contributed by atoms with E-state index < -0.39 is 11.8 Å². The highest BCUT2D eigenvalue weighted by atomic mass is 32.2. The molecule has 0 bridgehead atoms. The number of amides is 2. The van der Waals surface area contributed by atoms with E-state index in [9.17, 15) is 14.7 Å². The van der Waals surface area contributed by atoms with Crippen molar-refractivity contribution in [3.63, 3.8) is 0 Å². The molecular weight excluding hydrogens is 424 g/mol. The molecule has 3 aromatic carbocycles. The van der Waals surface area contributed by atoms with Crippen molar-refractivity contribution in [1.82, 2.24) is 5.43 Å². The fourth-order valence-electron chi connectivity index (χ4n) is 3.31. The standard InChI is InChI=1S/C25H22N2O4S/c1-2-31-22-15-17(13-18(23(22)28)16-32-20-11-7-4-8-12-20)14-21-24(29)26-27(25(21)30)19-9-5-3-6-10-19/h3-15,28H,2,16H2,1H3,(H,26,29)/b21-14-. The number of hydrogen-bond donors (Lipinski definition) is 2. The number of phenols is 1. The average Bonchev–Trinajstić information content (AvgIpc) is 3.10. The predicted octanol–water partition coefficient (Wildman–Crippen LogP) is 4.54. The first-order valence-electron chi connectivity index (χ1n) is 10.2. The molecule has 0 atom stereocenters. The minimum Gasteiger partial charge on any atom is -0.504 e. The number of aromatic hydroxyl groups is 1. The fourth-order valence-corrected chi connectivity index (χ4v) is 4.20. The van der Waals surface area contributed by atoms with Gasteiger partial charge >= 0.3 is 0 Å². The zero-order chi connectivity index (χ0) is 22.5. The summed E-state index contributed by atoms with van der Waals surface area (Å²) in [5.74, 6) is -0.0391. The van der Waals surface area contributed by atoms with Crippen molar-refractivity contribution in [2.45, 2.75) is 17.6 Å². The predicted molar refractivity (Wildman–Crippen MR) is 125 cm³/mol. The number of nitrogens with zero attached hydrogens (tertiary/aromatic N) is 1. The van der Waals surface area contributed by atoms with Crippen LogP contribution in [0.15, 0.2) is 83.3 Å². The summed E-state index contributed by atoms with van der Waals surface area (Å²) < 4.78 is 5.59. The third kappa shape index (κ3) is 4.63. The second kappa shape index (κ2) is 9.62. The van der Waals surface area contributed by atoms with Gasteiger partial charge in [0.05, 0.1) is 12.3 Å². The van der Waals surface area contributed by atoms with Gasteiger partial charge in [0.15, 0.2) is 11.5 Å². The minimum absolute atomic E-state index is 0.0173. The Morgan fingerprint density at radius 1 is 1.03 bits per heavy atom. The lowest BCUT2D eigenvalue weighted by Gasteiger charge is -2.14. The number of carbonyl (C=O) groups excluding carboxylic acids is 2. The van der Waals surface area contributed by atoms with Crippen molar-refractivity contribution >= 4 is 35.3 Å². The first-order valence-corrected chi connectivity index (χ1v) is 11.1. The Hall–Kier alpha value is -3.71. The van der Waals surface area contributed by atoms with Gasteiger partial charge in [-0.15, -0.1) is 11.8 Å². The Morgan fingerprint density at radius 2 is 1.72 bits per heavy atom. The van der Waals surface area contributed by atoms with Crippen LogP contribution in [0.3, 0.4) is 0 Å². The summed E-state index contributed by atoms with van der Waals surface area (Å²) in [6, 6.07) is 22.2. The zero-order valence-electron chi connectivity index (χ0n) is 17.4. The average molecular weight is 447 g/mol. The van der Waals surface area contributed by atoms with Gasteiger partial charge in [-0.25, -0.2) is 5.01 Å². The van der Waals surface area contributed by atoms with Crippen LogP contribution in [0, 0.1) is 0 Å². The molecule has 0 saturated carbocycles. The first kappa shape index (κ1) is 21.5. The number of thioether (sulfide) groups is 1. The van der Waals surface area contributed by atoms with Crippen LogP contribution >= 0.6 is 11.8 Å². The number of anilines is 1. The molecule has 6 nitrogen and oxygen atoms in total. The molecule has 0 unspecified atom stereocenters. The number of hydrogen-bond acceptors (Lipinski definition) is 5. The second-order valence-corrected chi connectivity index (χ2v) is 8.09. The summed E-state index contributed by atoms with van der Waals surface area (Å²) in [6.07, 6.45) is 1.53. The lowest BCUT2D eigenvalue weighted by molar-refractivity contribution is -0.117. The van der Waals surface area contributed by atoms with E-state index in [0.29, 0.717) is 34.9 Å². The van der Waals surface area contributed by atoms with E-state index in [0.717, 1.165) is 4.90 Å². The summed E-state index contributed by atoms with van der Waals surface area (Å²) >= 11 is 1.57. The van der Waals surface area contributed by atoms with Gasteiger partial charge in [-0.2, -0.15) is 0 Å². The smallest absolute Gasteiger partial charge is 0.282 e. The third-order valence-corrected chi connectivity index (χ3v) is 5.89. The Labute approximate surface area is 190 Å². The first-order chi connectivity index (χ1) is 15.6. The van der Waals surface area contributed by atoms with Gasteiger partial charge in [-0.1, -0.05) is 36.4 Å². The van der Waals surface area contributed by atoms with E-state index in [1.54, 1.807) is 48.2 Å². The number of phenolic OH excluding ortho intramolecular Hbond substituents is 1. The van der Waals surface area contributed by atoms with Crippen LogP contribution < -0.4 is 15.2 Å². The molecule has 0 spiro atoms. The highest BCUT2D eigenvalue weighted by Gasteiger charge is 2.34. The SMILES string of the molecule is CCOc1cc(/C=C2/C(=O)NN(c3ccccc3)C2=O)cc(CSc2ccccc2)c1O. The summed E-state index contributed by atoms with van der Waals surface area (Å²) in [7, 11) is 0. The largest absolute Gasteiger partial charge is 0.504 e. The van der Waals surface area contributed by atoms with Crippen LogP contribution in [-0.4, -0.2) is 23.5 Å². The Kier molecular flexibility index (Phi) is 6.47. The van der Waals surface area contributed by atoms with E-state index in [2.05, 4.69) is 5.43 Å². The normalized spacial score (nSPS) is 14.7. The van der Waals surface area contributed by atoms with E-state index in [4.69, 9.17) is 4.74 Å². The van der Waals surface area contributed by atoms with Crippen LogP contribution in [0.5, 0.6) is 11.5 Å². The molecule has 0 aliphatic carbocycles. The van der Waals surface area contributed by atoms with Crippen molar-refractivity contribution < 1.29 is 19.4 Å². The van der Waals surface area contributed by atoms with E-state index in [1.165, 1.54) is 11.1 Å². The van der Waals surface area contributed by atoms with E-state index >= 15 is 0 Å². The van der Waals surface area contributed by atoms with E-state index in [1.807, 2.05) is 43.3 Å². The van der Waals surface area contributed by atoms with Crippen LogP contribution in [-0.2, 0) is 15.3 Å². The monoisotopic (exact) mass is 446 g/mol. The van der Waals surface area contributed by atoms with Gasteiger partial charge in [-0.3, -0.25) is 15.0 Å². The molecule has 1 aliphatic heterocycles. The van der Waals surface area contributed by atoms with Crippen LogP contribution in [0.2, 0.25) is 0 Å². The molecular formula is C25H22N2O4S. The lowest BCUT2D eigenvalue weighted by Crippen LogP contribution is -2.35. The van der Waals surface area contributed by atoms with Crippen molar-refractivity contribution in [3.8, 4) is 11.5 Å². The topological polar surface area (TPSA) is 78.9 Å². The number of rotatable bonds is 7. The summed E-state index contributed by atoms with van der Waals surface area (Å²) in [5.41, 5.74) is 4.45. The summed E-state index contributed by atoms with van der Waals surface area (Å²) in [4.78, 5) is 26.5. The minimum atomic E-state index is -0.481. The molecule has 2 amide bonds. The molecule has 2 N–H and O–H groups in total.